The van der Waals surface area contributed by atoms with Crippen molar-refractivity contribution < 1.29 is 4.74 Å². The predicted molar refractivity (Wildman–Crippen MR) is 71.2 cm³/mol. The molecular formula is C14H28N2O. The summed E-state index contributed by atoms with van der Waals surface area (Å²) < 4.78 is 5.49. The second kappa shape index (κ2) is 6.72. The van der Waals surface area contributed by atoms with Gasteiger partial charge in [0.2, 0.25) is 0 Å². The van der Waals surface area contributed by atoms with E-state index >= 15 is 0 Å². The minimum atomic E-state index is 0.514. The molecule has 2 saturated heterocycles. The second-order valence-corrected chi connectivity index (χ2v) is 5.81. The van der Waals surface area contributed by atoms with E-state index < -0.39 is 0 Å². The predicted octanol–water partition coefficient (Wildman–Crippen LogP) is 1.78. The van der Waals surface area contributed by atoms with Crippen LogP contribution in [0.15, 0.2) is 0 Å². The number of nitrogens with one attached hydrogen (secondary N) is 2. The normalized spacial score (nSPS) is 29.1. The van der Waals surface area contributed by atoms with E-state index in [1.807, 2.05) is 0 Å². The summed E-state index contributed by atoms with van der Waals surface area (Å²) in [6.07, 6.45) is 6.49. The van der Waals surface area contributed by atoms with Gasteiger partial charge in [0.05, 0.1) is 0 Å². The van der Waals surface area contributed by atoms with Crippen LogP contribution in [0.4, 0.5) is 0 Å². The third kappa shape index (κ3) is 3.94. The molecule has 0 saturated carbocycles. The van der Waals surface area contributed by atoms with E-state index in [0.29, 0.717) is 5.41 Å². The van der Waals surface area contributed by atoms with E-state index in [2.05, 4.69) is 17.6 Å². The van der Waals surface area contributed by atoms with Crippen LogP contribution in [0, 0.1) is 11.3 Å². The van der Waals surface area contributed by atoms with Gasteiger partial charge in [-0.05, 0) is 63.1 Å². The molecule has 0 aromatic carbocycles. The lowest BCUT2D eigenvalue weighted by Crippen LogP contribution is -2.42. The Morgan fingerprint density at radius 1 is 1.35 bits per heavy atom. The maximum atomic E-state index is 5.49. The molecule has 1 unspecified atom stereocenters. The van der Waals surface area contributed by atoms with Crippen molar-refractivity contribution >= 4 is 0 Å². The summed E-state index contributed by atoms with van der Waals surface area (Å²) in [6.45, 7) is 9.04. The van der Waals surface area contributed by atoms with Crippen molar-refractivity contribution in [3.8, 4) is 0 Å². The number of rotatable bonds is 5. The topological polar surface area (TPSA) is 33.3 Å². The van der Waals surface area contributed by atoms with Gasteiger partial charge in [-0.15, -0.1) is 0 Å². The Hall–Kier alpha value is -0.120. The molecule has 2 rings (SSSR count). The van der Waals surface area contributed by atoms with Gasteiger partial charge in [0, 0.05) is 19.8 Å². The molecule has 2 N–H and O–H groups in total. The van der Waals surface area contributed by atoms with Crippen LogP contribution in [0.2, 0.25) is 0 Å². The van der Waals surface area contributed by atoms with Crippen molar-refractivity contribution in [2.24, 2.45) is 11.3 Å². The summed E-state index contributed by atoms with van der Waals surface area (Å²) >= 11 is 0. The lowest BCUT2D eigenvalue weighted by Gasteiger charge is -2.37. The average molecular weight is 240 g/mol. The number of piperidine rings is 1. The Kier molecular flexibility index (Phi) is 5.26. The van der Waals surface area contributed by atoms with Crippen LogP contribution in [0.3, 0.4) is 0 Å². The Bertz CT molecular complexity index is 208. The summed E-state index contributed by atoms with van der Waals surface area (Å²) in [5, 5.41) is 7.21. The van der Waals surface area contributed by atoms with E-state index in [1.54, 1.807) is 0 Å². The molecule has 0 bridgehead atoms. The lowest BCUT2D eigenvalue weighted by atomic mass is 9.77. The SMILES string of the molecule is CCC1(CNCC2CCCNC2)CCOCC1. The van der Waals surface area contributed by atoms with Crippen molar-refractivity contribution in [2.75, 3.05) is 39.4 Å². The van der Waals surface area contributed by atoms with Gasteiger partial charge in [-0.3, -0.25) is 0 Å². The first-order valence-corrected chi connectivity index (χ1v) is 7.34. The van der Waals surface area contributed by atoms with Crippen LogP contribution < -0.4 is 10.6 Å². The highest BCUT2D eigenvalue weighted by molar-refractivity contribution is 4.83. The Labute approximate surface area is 106 Å². The minimum Gasteiger partial charge on any atom is -0.381 e. The minimum absolute atomic E-state index is 0.514. The van der Waals surface area contributed by atoms with Gasteiger partial charge in [0.15, 0.2) is 0 Å². The van der Waals surface area contributed by atoms with Gasteiger partial charge in [0.1, 0.15) is 0 Å². The average Bonchev–Trinajstić information content (AvgIpc) is 2.41. The molecule has 3 nitrogen and oxygen atoms in total. The second-order valence-electron chi connectivity index (χ2n) is 5.81. The van der Waals surface area contributed by atoms with E-state index in [4.69, 9.17) is 4.74 Å². The molecule has 0 aromatic heterocycles. The summed E-state index contributed by atoms with van der Waals surface area (Å²) in [5.74, 6) is 0.845. The molecule has 0 aromatic rings. The maximum absolute atomic E-state index is 5.49. The summed E-state index contributed by atoms with van der Waals surface area (Å²) in [5.41, 5.74) is 0.514. The molecule has 0 amide bonds. The number of hydrogen-bond acceptors (Lipinski definition) is 3. The first kappa shape index (κ1) is 13.3. The largest absolute Gasteiger partial charge is 0.381 e. The zero-order valence-corrected chi connectivity index (χ0v) is 11.3. The van der Waals surface area contributed by atoms with Gasteiger partial charge >= 0.3 is 0 Å². The van der Waals surface area contributed by atoms with Gasteiger partial charge in [0.25, 0.3) is 0 Å². The summed E-state index contributed by atoms with van der Waals surface area (Å²) in [6, 6.07) is 0. The first-order chi connectivity index (χ1) is 8.35. The van der Waals surface area contributed by atoms with Gasteiger partial charge in [-0.2, -0.15) is 0 Å². The van der Waals surface area contributed by atoms with Crippen molar-refractivity contribution in [1.29, 1.82) is 0 Å². The molecule has 2 aliphatic rings. The summed E-state index contributed by atoms with van der Waals surface area (Å²) in [7, 11) is 0. The summed E-state index contributed by atoms with van der Waals surface area (Å²) in [4.78, 5) is 0. The highest BCUT2D eigenvalue weighted by Gasteiger charge is 2.30. The third-order valence-electron chi connectivity index (χ3n) is 4.64. The molecule has 1 atom stereocenters. The first-order valence-electron chi connectivity index (χ1n) is 7.34. The maximum Gasteiger partial charge on any atom is 0.0471 e. The molecule has 2 fully saturated rings. The number of hydrogen-bond donors (Lipinski definition) is 2. The molecule has 0 radical (unpaired) electrons. The highest BCUT2D eigenvalue weighted by Crippen LogP contribution is 2.33. The quantitative estimate of drug-likeness (QED) is 0.768. The Morgan fingerprint density at radius 2 is 2.18 bits per heavy atom. The Morgan fingerprint density at radius 3 is 2.82 bits per heavy atom. The van der Waals surface area contributed by atoms with Crippen molar-refractivity contribution in [3.05, 3.63) is 0 Å². The molecule has 2 heterocycles. The zero-order chi connectivity index (χ0) is 12.0. The van der Waals surface area contributed by atoms with Gasteiger partial charge in [-0.1, -0.05) is 6.92 Å². The standard InChI is InChI=1S/C14H28N2O/c1-2-14(5-8-17-9-6-14)12-16-11-13-4-3-7-15-10-13/h13,15-16H,2-12H2,1H3. The van der Waals surface area contributed by atoms with E-state index in [9.17, 15) is 0 Å². The van der Waals surface area contributed by atoms with Crippen molar-refractivity contribution in [3.63, 3.8) is 0 Å². The molecule has 100 valence electrons. The van der Waals surface area contributed by atoms with E-state index in [1.165, 1.54) is 58.3 Å². The molecular weight excluding hydrogens is 212 g/mol. The van der Waals surface area contributed by atoms with Crippen LogP contribution in [0.25, 0.3) is 0 Å². The monoisotopic (exact) mass is 240 g/mol. The van der Waals surface area contributed by atoms with Crippen LogP contribution in [0.1, 0.15) is 39.0 Å². The van der Waals surface area contributed by atoms with Crippen LogP contribution in [-0.4, -0.2) is 39.4 Å². The van der Waals surface area contributed by atoms with Crippen LogP contribution in [-0.2, 0) is 4.74 Å². The van der Waals surface area contributed by atoms with Crippen LogP contribution in [0.5, 0.6) is 0 Å². The highest BCUT2D eigenvalue weighted by atomic mass is 16.5. The van der Waals surface area contributed by atoms with Crippen molar-refractivity contribution in [1.82, 2.24) is 10.6 Å². The Balaban J connectivity index is 1.68. The fraction of sp³-hybridized carbons (Fsp3) is 1.00. The van der Waals surface area contributed by atoms with Crippen LogP contribution >= 0.6 is 0 Å². The molecule has 0 spiro atoms. The fourth-order valence-electron chi connectivity index (χ4n) is 3.10. The molecule has 17 heavy (non-hydrogen) atoms. The van der Waals surface area contributed by atoms with Crippen molar-refractivity contribution in [2.45, 2.75) is 39.0 Å². The van der Waals surface area contributed by atoms with E-state index in [-0.39, 0.29) is 0 Å². The molecule has 2 aliphatic heterocycles. The van der Waals surface area contributed by atoms with Gasteiger partial charge < -0.3 is 15.4 Å². The third-order valence-corrected chi connectivity index (χ3v) is 4.64. The van der Waals surface area contributed by atoms with E-state index in [0.717, 1.165) is 19.1 Å². The smallest absolute Gasteiger partial charge is 0.0471 e. The fourth-order valence-corrected chi connectivity index (χ4v) is 3.10. The molecule has 0 aliphatic carbocycles. The lowest BCUT2D eigenvalue weighted by molar-refractivity contribution is 0.0124. The molecule has 3 heteroatoms. The number of ether oxygens (including phenoxy) is 1. The van der Waals surface area contributed by atoms with Gasteiger partial charge in [-0.25, -0.2) is 0 Å². The zero-order valence-electron chi connectivity index (χ0n) is 11.3.